The standard InChI is InChI=1S/C15H18Cl3N3O3/c16-15(17,18)14(20-9-3-1-2-4-10-20)19-13(22)11-5-7-12(8-6-11)21(23)24/h5-8,14H,1-4,9-10H2,(H,19,22)/t14-/m1/s1. The highest BCUT2D eigenvalue weighted by molar-refractivity contribution is 6.68. The van der Waals surface area contributed by atoms with E-state index >= 15 is 0 Å². The Morgan fingerprint density at radius 1 is 1.12 bits per heavy atom. The van der Waals surface area contributed by atoms with E-state index in [9.17, 15) is 14.9 Å². The number of nitrogens with one attached hydrogen (secondary N) is 1. The first-order valence-electron chi connectivity index (χ1n) is 7.65. The van der Waals surface area contributed by atoms with Crippen molar-refractivity contribution in [2.24, 2.45) is 0 Å². The monoisotopic (exact) mass is 393 g/mol. The van der Waals surface area contributed by atoms with E-state index in [4.69, 9.17) is 34.8 Å². The van der Waals surface area contributed by atoms with Crippen LogP contribution in [-0.2, 0) is 0 Å². The number of alkyl halides is 3. The number of hydrogen-bond donors (Lipinski definition) is 1. The molecule has 0 unspecified atom stereocenters. The van der Waals surface area contributed by atoms with Crippen LogP contribution in [0.5, 0.6) is 0 Å². The van der Waals surface area contributed by atoms with Gasteiger partial charge in [-0.15, -0.1) is 0 Å². The van der Waals surface area contributed by atoms with Crippen LogP contribution in [0.15, 0.2) is 24.3 Å². The molecule has 1 aromatic rings. The summed E-state index contributed by atoms with van der Waals surface area (Å²) in [6.45, 7) is 1.47. The van der Waals surface area contributed by atoms with E-state index in [1.807, 2.05) is 4.90 Å². The van der Waals surface area contributed by atoms with E-state index in [1.54, 1.807) is 0 Å². The molecule has 9 heteroatoms. The smallest absolute Gasteiger partial charge is 0.269 e. The molecule has 1 saturated heterocycles. The average molecular weight is 395 g/mol. The van der Waals surface area contributed by atoms with Crippen molar-refractivity contribution in [2.45, 2.75) is 35.6 Å². The van der Waals surface area contributed by atoms with Gasteiger partial charge in [0.2, 0.25) is 3.79 Å². The van der Waals surface area contributed by atoms with Crippen LogP contribution < -0.4 is 5.32 Å². The molecule has 1 aliphatic rings. The molecule has 0 radical (unpaired) electrons. The average Bonchev–Trinajstić information content (AvgIpc) is 2.80. The van der Waals surface area contributed by atoms with Gasteiger partial charge in [0.1, 0.15) is 6.17 Å². The second-order valence-electron chi connectivity index (χ2n) is 5.67. The first kappa shape index (κ1) is 19.2. The summed E-state index contributed by atoms with van der Waals surface area (Å²) < 4.78 is -1.68. The van der Waals surface area contributed by atoms with Crippen LogP contribution >= 0.6 is 34.8 Å². The lowest BCUT2D eigenvalue weighted by Gasteiger charge is -2.35. The first-order valence-corrected chi connectivity index (χ1v) is 8.78. The molecule has 24 heavy (non-hydrogen) atoms. The molecule has 1 N–H and O–H groups in total. The maximum absolute atomic E-state index is 12.4. The molecular weight excluding hydrogens is 377 g/mol. The zero-order valence-corrected chi connectivity index (χ0v) is 15.2. The molecule has 2 rings (SSSR count). The Morgan fingerprint density at radius 3 is 2.12 bits per heavy atom. The second-order valence-corrected chi connectivity index (χ2v) is 8.04. The third-order valence-corrected chi connectivity index (χ3v) is 4.54. The fraction of sp³-hybridized carbons (Fsp3) is 0.533. The van der Waals surface area contributed by atoms with Crippen LogP contribution in [0.25, 0.3) is 0 Å². The lowest BCUT2D eigenvalue weighted by molar-refractivity contribution is -0.384. The quantitative estimate of drug-likeness (QED) is 0.477. The highest BCUT2D eigenvalue weighted by Gasteiger charge is 2.38. The van der Waals surface area contributed by atoms with Crippen molar-refractivity contribution < 1.29 is 9.72 Å². The van der Waals surface area contributed by atoms with Crippen LogP contribution in [-0.4, -0.2) is 38.8 Å². The van der Waals surface area contributed by atoms with Gasteiger partial charge in [-0.3, -0.25) is 19.8 Å². The fourth-order valence-corrected chi connectivity index (χ4v) is 3.25. The summed E-state index contributed by atoms with van der Waals surface area (Å²) in [5.41, 5.74) is 0.187. The van der Waals surface area contributed by atoms with Crippen molar-refractivity contribution in [1.29, 1.82) is 0 Å². The van der Waals surface area contributed by atoms with Crippen molar-refractivity contribution >= 4 is 46.4 Å². The Morgan fingerprint density at radius 2 is 1.67 bits per heavy atom. The van der Waals surface area contributed by atoms with E-state index in [0.717, 1.165) is 38.8 Å². The Balaban J connectivity index is 2.13. The van der Waals surface area contributed by atoms with Gasteiger partial charge in [0.25, 0.3) is 11.6 Å². The zero-order chi connectivity index (χ0) is 17.7. The van der Waals surface area contributed by atoms with Gasteiger partial charge in [-0.2, -0.15) is 0 Å². The molecule has 0 spiro atoms. The van der Waals surface area contributed by atoms with Crippen LogP contribution in [0.2, 0.25) is 0 Å². The zero-order valence-electron chi connectivity index (χ0n) is 12.9. The summed E-state index contributed by atoms with van der Waals surface area (Å²) in [5, 5.41) is 13.4. The van der Waals surface area contributed by atoms with E-state index in [0.29, 0.717) is 0 Å². The molecule has 0 saturated carbocycles. The van der Waals surface area contributed by atoms with Gasteiger partial charge in [0.05, 0.1) is 4.92 Å². The van der Waals surface area contributed by atoms with E-state index < -0.39 is 20.8 Å². The summed E-state index contributed by atoms with van der Waals surface area (Å²) >= 11 is 18.2. The number of benzene rings is 1. The van der Waals surface area contributed by atoms with E-state index in [2.05, 4.69) is 5.32 Å². The van der Waals surface area contributed by atoms with Gasteiger partial charge < -0.3 is 5.32 Å². The minimum absolute atomic E-state index is 0.0861. The summed E-state index contributed by atoms with van der Waals surface area (Å²) in [7, 11) is 0. The normalized spacial score (nSPS) is 17.8. The number of rotatable bonds is 4. The third kappa shape index (κ3) is 5.21. The molecule has 1 aromatic carbocycles. The number of halogens is 3. The lowest BCUT2D eigenvalue weighted by atomic mass is 10.2. The number of amides is 1. The highest BCUT2D eigenvalue weighted by atomic mass is 35.6. The number of carbonyl (C=O) groups excluding carboxylic acids is 1. The molecule has 1 aliphatic heterocycles. The summed E-state index contributed by atoms with van der Waals surface area (Å²) in [6, 6.07) is 5.30. The van der Waals surface area contributed by atoms with E-state index in [1.165, 1.54) is 24.3 Å². The first-order chi connectivity index (χ1) is 11.3. The molecule has 132 valence electrons. The molecule has 0 aromatic heterocycles. The van der Waals surface area contributed by atoms with Crippen molar-refractivity contribution in [3.05, 3.63) is 39.9 Å². The second kappa shape index (κ2) is 8.34. The number of likely N-dealkylation sites (tertiary alicyclic amines) is 1. The Kier molecular flexibility index (Phi) is 6.69. The number of non-ortho nitro benzene ring substituents is 1. The topological polar surface area (TPSA) is 75.5 Å². The van der Waals surface area contributed by atoms with Gasteiger partial charge in [0, 0.05) is 30.8 Å². The summed E-state index contributed by atoms with van der Waals surface area (Å²) in [4.78, 5) is 24.5. The van der Waals surface area contributed by atoms with Crippen molar-refractivity contribution in [3.63, 3.8) is 0 Å². The van der Waals surface area contributed by atoms with Gasteiger partial charge >= 0.3 is 0 Å². The summed E-state index contributed by atoms with van der Waals surface area (Å²) in [5.74, 6) is -0.439. The number of hydrogen-bond acceptors (Lipinski definition) is 4. The molecular formula is C15H18Cl3N3O3. The van der Waals surface area contributed by atoms with Crippen molar-refractivity contribution in [2.75, 3.05) is 13.1 Å². The maximum atomic E-state index is 12.4. The largest absolute Gasteiger partial charge is 0.332 e. The van der Waals surface area contributed by atoms with Crippen molar-refractivity contribution in [3.8, 4) is 0 Å². The minimum atomic E-state index is -1.68. The molecule has 1 amide bonds. The molecule has 0 aliphatic carbocycles. The van der Waals surface area contributed by atoms with Gasteiger partial charge in [0.15, 0.2) is 0 Å². The predicted molar refractivity (Wildman–Crippen MR) is 94.7 cm³/mol. The van der Waals surface area contributed by atoms with Crippen LogP contribution in [0.4, 0.5) is 5.69 Å². The number of nitro benzene ring substituents is 1. The van der Waals surface area contributed by atoms with Gasteiger partial charge in [-0.1, -0.05) is 47.6 Å². The Hall–Kier alpha value is -1.08. The summed E-state index contributed by atoms with van der Waals surface area (Å²) in [6.07, 6.45) is 3.41. The molecule has 1 fully saturated rings. The molecule has 6 nitrogen and oxygen atoms in total. The number of nitrogens with zero attached hydrogens (tertiary/aromatic N) is 2. The van der Waals surface area contributed by atoms with Crippen molar-refractivity contribution in [1.82, 2.24) is 10.2 Å². The van der Waals surface area contributed by atoms with Crippen LogP contribution in [0, 0.1) is 10.1 Å². The predicted octanol–water partition coefficient (Wildman–Crippen LogP) is 3.90. The number of nitro groups is 1. The third-order valence-electron chi connectivity index (χ3n) is 3.92. The number of carbonyl (C=O) groups is 1. The van der Waals surface area contributed by atoms with Crippen LogP contribution in [0.3, 0.4) is 0 Å². The minimum Gasteiger partial charge on any atom is -0.332 e. The molecule has 0 bridgehead atoms. The van der Waals surface area contributed by atoms with Gasteiger partial charge in [-0.25, -0.2) is 0 Å². The van der Waals surface area contributed by atoms with Crippen LogP contribution in [0.1, 0.15) is 36.0 Å². The Labute approximate surface area is 155 Å². The molecule has 1 heterocycles. The van der Waals surface area contributed by atoms with Gasteiger partial charge in [-0.05, 0) is 25.0 Å². The van der Waals surface area contributed by atoms with E-state index in [-0.39, 0.29) is 11.3 Å². The molecule has 1 atom stereocenters. The lowest BCUT2D eigenvalue weighted by Crippen LogP contribution is -2.55. The fourth-order valence-electron chi connectivity index (χ4n) is 2.68. The SMILES string of the molecule is O=C(N[C@H](N1CCCCCC1)C(Cl)(Cl)Cl)c1ccc([N+](=O)[O-])cc1. The maximum Gasteiger partial charge on any atom is 0.269 e. The highest BCUT2D eigenvalue weighted by Crippen LogP contribution is 2.33. The Bertz CT molecular complexity index is 582.